The Morgan fingerprint density at radius 3 is 2.59 bits per heavy atom. The lowest BCUT2D eigenvalue weighted by atomic mass is 10.1. The molecule has 2 heterocycles. The fraction of sp³-hybridized carbons (Fsp3) is 0.316. The zero-order chi connectivity index (χ0) is 21.2. The quantitative estimate of drug-likeness (QED) is 0.573. The Morgan fingerprint density at radius 1 is 1.28 bits per heavy atom. The molecule has 0 radical (unpaired) electrons. The summed E-state index contributed by atoms with van der Waals surface area (Å²) in [4.78, 5) is 12.5. The lowest BCUT2D eigenvalue weighted by Gasteiger charge is -2.13. The van der Waals surface area contributed by atoms with Crippen molar-refractivity contribution < 1.29 is 18.0 Å². The Kier molecular flexibility index (Phi) is 6.11. The zero-order valence-electron chi connectivity index (χ0n) is 15.7. The first kappa shape index (κ1) is 21.1. The van der Waals surface area contributed by atoms with E-state index in [1.165, 1.54) is 25.6 Å². The number of aryl methyl sites for hydroxylation is 2. The summed E-state index contributed by atoms with van der Waals surface area (Å²) in [6.07, 6.45) is -0.638. The van der Waals surface area contributed by atoms with Crippen molar-refractivity contribution in [3.63, 3.8) is 0 Å². The Morgan fingerprint density at radius 2 is 1.97 bits per heavy atom. The van der Waals surface area contributed by atoms with E-state index >= 15 is 0 Å². The van der Waals surface area contributed by atoms with Crippen LogP contribution >= 0.6 is 15.9 Å². The number of halogens is 4. The van der Waals surface area contributed by atoms with E-state index in [9.17, 15) is 18.0 Å². The van der Waals surface area contributed by atoms with Gasteiger partial charge in [0.15, 0.2) is 5.69 Å². The van der Waals surface area contributed by atoms with Crippen LogP contribution in [0.3, 0.4) is 0 Å². The van der Waals surface area contributed by atoms with Gasteiger partial charge in [0.05, 0.1) is 22.1 Å². The maximum Gasteiger partial charge on any atom is 0.436 e. The molecule has 3 aromatic rings. The molecule has 29 heavy (non-hydrogen) atoms. The minimum Gasteiger partial charge on any atom is -0.322 e. The number of hydrogen-bond donors (Lipinski definition) is 1. The highest BCUT2D eigenvalue weighted by atomic mass is 79.9. The molecule has 154 valence electrons. The number of hydrogen-bond acceptors (Lipinski definition) is 3. The first-order valence-corrected chi connectivity index (χ1v) is 9.65. The van der Waals surface area contributed by atoms with E-state index in [1.54, 1.807) is 10.9 Å². The van der Waals surface area contributed by atoms with Crippen LogP contribution in [-0.4, -0.2) is 25.5 Å². The van der Waals surface area contributed by atoms with Crippen molar-refractivity contribution in [1.82, 2.24) is 19.6 Å². The molecular weight excluding hydrogens is 451 g/mol. The molecular formula is C19H19BrF3N5O. The summed E-state index contributed by atoms with van der Waals surface area (Å²) in [5.41, 5.74) is 0.805. The van der Waals surface area contributed by atoms with Gasteiger partial charge >= 0.3 is 6.18 Å². The van der Waals surface area contributed by atoms with Gasteiger partial charge in [-0.15, -0.1) is 0 Å². The van der Waals surface area contributed by atoms with Crippen LogP contribution in [0.2, 0.25) is 0 Å². The monoisotopic (exact) mass is 469 g/mol. The lowest BCUT2D eigenvalue weighted by Crippen LogP contribution is -2.25. The third-order valence-electron chi connectivity index (χ3n) is 4.46. The fourth-order valence-electron chi connectivity index (χ4n) is 2.85. The van der Waals surface area contributed by atoms with E-state index in [-0.39, 0.29) is 10.2 Å². The van der Waals surface area contributed by atoms with Gasteiger partial charge in [-0.05, 0) is 41.8 Å². The number of nitrogens with one attached hydrogen (secondary N) is 1. The molecule has 1 atom stereocenters. The van der Waals surface area contributed by atoms with Crippen molar-refractivity contribution >= 4 is 27.5 Å². The molecule has 1 N–H and O–H groups in total. The average molecular weight is 470 g/mol. The summed E-state index contributed by atoms with van der Waals surface area (Å²) < 4.78 is 41.7. The van der Waals surface area contributed by atoms with Crippen molar-refractivity contribution in [3.8, 4) is 0 Å². The molecule has 1 amide bonds. The number of rotatable bonds is 6. The molecule has 1 aromatic carbocycles. The van der Waals surface area contributed by atoms with E-state index in [1.807, 2.05) is 30.3 Å². The van der Waals surface area contributed by atoms with Gasteiger partial charge in [-0.2, -0.15) is 23.4 Å². The van der Waals surface area contributed by atoms with E-state index in [2.05, 4.69) is 31.4 Å². The molecule has 0 aliphatic carbocycles. The molecule has 1 unspecified atom stereocenters. The first-order chi connectivity index (χ1) is 13.7. The summed E-state index contributed by atoms with van der Waals surface area (Å²) in [7, 11) is 0. The number of alkyl halides is 3. The highest BCUT2D eigenvalue weighted by Crippen LogP contribution is 2.36. The summed E-state index contributed by atoms with van der Waals surface area (Å²) in [6.45, 7) is 3.59. The summed E-state index contributed by atoms with van der Waals surface area (Å²) in [6, 6.07) is 8.98. The predicted molar refractivity (Wildman–Crippen MR) is 105 cm³/mol. The average Bonchev–Trinajstić information content (AvgIpc) is 3.24. The van der Waals surface area contributed by atoms with Gasteiger partial charge in [-0.25, -0.2) is 0 Å². The second-order valence-electron chi connectivity index (χ2n) is 6.58. The van der Waals surface area contributed by atoms with Crippen molar-refractivity contribution in [3.05, 3.63) is 64.1 Å². The smallest absolute Gasteiger partial charge is 0.322 e. The zero-order valence-corrected chi connectivity index (χ0v) is 17.3. The number of nitrogens with zero attached hydrogens (tertiary/aromatic N) is 4. The molecule has 0 fully saturated rings. The summed E-state index contributed by atoms with van der Waals surface area (Å²) >= 11 is 2.91. The Balaban J connectivity index is 1.65. The highest BCUT2D eigenvalue weighted by Gasteiger charge is 2.39. The van der Waals surface area contributed by atoms with Crippen LogP contribution in [0, 0.1) is 6.92 Å². The van der Waals surface area contributed by atoms with Crippen molar-refractivity contribution in [2.75, 3.05) is 5.32 Å². The van der Waals surface area contributed by atoms with Crippen molar-refractivity contribution in [2.45, 2.75) is 39.0 Å². The lowest BCUT2D eigenvalue weighted by molar-refractivity contribution is -0.142. The molecule has 0 spiro atoms. The summed E-state index contributed by atoms with van der Waals surface area (Å²) in [5.74, 6) is -0.487. The standard InChI is InChI=1S/C19H19BrF3N5O/c1-12-16(20)17(19(21,22)23)26-28(12)13(2)18(29)25-15-10-24-27(11-15)9-8-14-6-4-3-5-7-14/h3-7,10-11,13H,8-9H2,1-2H3,(H,25,29). The topological polar surface area (TPSA) is 64.7 Å². The minimum absolute atomic E-state index is 0.168. The van der Waals surface area contributed by atoms with Crippen LogP contribution in [0.25, 0.3) is 0 Å². The second-order valence-corrected chi connectivity index (χ2v) is 7.38. The van der Waals surface area contributed by atoms with E-state index in [0.29, 0.717) is 12.2 Å². The van der Waals surface area contributed by atoms with Crippen LogP contribution in [-0.2, 0) is 23.9 Å². The molecule has 3 rings (SSSR count). The minimum atomic E-state index is -4.61. The molecule has 0 aliphatic heterocycles. The summed E-state index contributed by atoms with van der Waals surface area (Å²) in [5, 5.41) is 10.5. The Labute approximate surface area is 173 Å². The van der Waals surface area contributed by atoms with E-state index < -0.39 is 23.8 Å². The number of carbonyl (C=O) groups excluding carboxylic acids is 1. The third-order valence-corrected chi connectivity index (χ3v) is 5.41. The second kappa shape index (κ2) is 8.40. The fourth-order valence-corrected chi connectivity index (χ4v) is 3.34. The van der Waals surface area contributed by atoms with Crippen LogP contribution in [0.5, 0.6) is 0 Å². The number of benzene rings is 1. The maximum atomic E-state index is 13.0. The molecule has 0 saturated heterocycles. The number of amides is 1. The Bertz CT molecular complexity index is 997. The van der Waals surface area contributed by atoms with Crippen LogP contribution in [0.1, 0.15) is 29.9 Å². The van der Waals surface area contributed by atoms with Crippen LogP contribution in [0.4, 0.5) is 18.9 Å². The van der Waals surface area contributed by atoms with Crippen molar-refractivity contribution in [1.29, 1.82) is 0 Å². The van der Waals surface area contributed by atoms with Crippen LogP contribution in [0.15, 0.2) is 47.2 Å². The number of anilines is 1. The molecule has 0 aliphatic rings. The van der Waals surface area contributed by atoms with Crippen LogP contribution < -0.4 is 5.32 Å². The maximum absolute atomic E-state index is 13.0. The van der Waals surface area contributed by atoms with Gasteiger partial charge in [-0.1, -0.05) is 30.3 Å². The molecule has 0 saturated carbocycles. The van der Waals surface area contributed by atoms with Gasteiger partial charge in [0, 0.05) is 12.7 Å². The van der Waals surface area contributed by atoms with Gasteiger partial charge in [0.1, 0.15) is 6.04 Å². The Hall–Kier alpha value is -2.62. The highest BCUT2D eigenvalue weighted by molar-refractivity contribution is 9.10. The van der Waals surface area contributed by atoms with E-state index in [0.717, 1.165) is 11.1 Å². The first-order valence-electron chi connectivity index (χ1n) is 8.86. The number of carbonyl (C=O) groups is 1. The van der Waals surface area contributed by atoms with Crippen molar-refractivity contribution in [2.24, 2.45) is 0 Å². The molecule has 6 nitrogen and oxygen atoms in total. The van der Waals surface area contributed by atoms with Gasteiger partial charge < -0.3 is 5.32 Å². The third kappa shape index (κ3) is 4.87. The van der Waals surface area contributed by atoms with Gasteiger partial charge in [-0.3, -0.25) is 14.2 Å². The number of aromatic nitrogens is 4. The molecule has 2 aromatic heterocycles. The SMILES string of the molecule is Cc1c(Br)c(C(F)(F)F)nn1C(C)C(=O)Nc1cnn(CCc2ccccc2)c1. The predicted octanol–water partition coefficient (Wildman–Crippen LogP) is 4.61. The van der Waals surface area contributed by atoms with Gasteiger partial charge in [0.25, 0.3) is 0 Å². The largest absolute Gasteiger partial charge is 0.436 e. The normalized spacial score (nSPS) is 12.8. The van der Waals surface area contributed by atoms with Gasteiger partial charge in [0.2, 0.25) is 5.91 Å². The van der Waals surface area contributed by atoms with E-state index in [4.69, 9.17) is 0 Å². The molecule has 0 bridgehead atoms. The molecule has 10 heteroatoms.